The summed E-state index contributed by atoms with van der Waals surface area (Å²) in [5.41, 5.74) is 7.93. The van der Waals surface area contributed by atoms with Crippen LogP contribution in [0.15, 0.2) is 30.3 Å². The lowest BCUT2D eigenvalue weighted by atomic mass is 10.1. The zero-order chi connectivity index (χ0) is 16.8. The van der Waals surface area contributed by atoms with E-state index in [-0.39, 0.29) is 11.8 Å². The fraction of sp³-hybridized carbons (Fsp3) is 0.353. The average Bonchev–Trinajstić information content (AvgIpc) is 2.87. The van der Waals surface area contributed by atoms with Gasteiger partial charge in [-0.1, -0.05) is 32.0 Å². The molecule has 2 rings (SSSR count). The smallest absolute Gasteiger partial charge is 0.222 e. The number of hydrogen-bond donors (Lipinski definition) is 2. The molecule has 0 spiro atoms. The van der Waals surface area contributed by atoms with Crippen molar-refractivity contribution in [1.82, 2.24) is 15.1 Å². The molecule has 0 fully saturated rings. The third-order valence-electron chi connectivity index (χ3n) is 3.52. The van der Waals surface area contributed by atoms with Crippen LogP contribution in [0.25, 0.3) is 5.69 Å². The van der Waals surface area contributed by atoms with E-state index in [9.17, 15) is 10.1 Å². The van der Waals surface area contributed by atoms with E-state index in [2.05, 4.69) is 16.5 Å². The summed E-state index contributed by atoms with van der Waals surface area (Å²) >= 11 is 0. The van der Waals surface area contributed by atoms with Crippen molar-refractivity contribution in [3.8, 4) is 11.8 Å². The third-order valence-corrected chi connectivity index (χ3v) is 3.52. The van der Waals surface area contributed by atoms with Crippen molar-refractivity contribution >= 4 is 11.7 Å². The van der Waals surface area contributed by atoms with Crippen LogP contribution in [0.4, 0.5) is 5.82 Å². The van der Waals surface area contributed by atoms with Gasteiger partial charge in [-0.05, 0) is 25.0 Å². The first-order valence-corrected chi connectivity index (χ1v) is 7.65. The molecule has 0 radical (unpaired) electrons. The molecule has 1 heterocycles. The zero-order valence-corrected chi connectivity index (χ0v) is 13.4. The average molecular weight is 311 g/mol. The Bertz CT molecular complexity index is 713. The summed E-state index contributed by atoms with van der Waals surface area (Å²) in [5.74, 6) is 0.345. The van der Waals surface area contributed by atoms with Crippen LogP contribution in [-0.4, -0.2) is 22.2 Å². The molecule has 0 aliphatic carbocycles. The number of rotatable bonds is 6. The quantitative estimate of drug-likeness (QED) is 0.798. The monoisotopic (exact) mass is 311 g/mol. The lowest BCUT2D eigenvalue weighted by Gasteiger charge is -2.06. The van der Waals surface area contributed by atoms with Gasteiger partial charge in [0.05, 0.1) is 11.4 Å². The van der Waals surface area contributed by atoms with Gasteiger partial charge in [-0.3, -0.25) is 4.79 Å². The van der Waals surface area contributed by atoms with Gasteiger partial charge in [-0.25, -0.2) is 4.68 Å². The number of benzene rings is 1. The minimum Gasteiger partial charge on any atom is -0.382 e. The molecule has 0 aliphatic rings. The topological polar surface area (TPSA) is 96.7 Å². The van der Waals surface area contributed by atoms with Crippen LogP contribution >= 0.6 is 0 Å². The lowest BCUT2D eigenvalue weighted by Crippen LogP contribution is -2.28. The third kappa shape index (κ3) is 3.89. The molecule has 6 heteroatoms. The van der Waals surface area contributed by atoms with Gasteiger partial charge in [0.25, 0.3) is 0 Å². The van der Waals surface area contributed by atoms with E-state index in [1.807, 2.05) is 44.2 Å². The van der Waals surface area contributed by atoms with Crippen LogP contribution in [0.3, 0.4) is 0 Å². The van der Waals surface area contributed by atoms with Gasteiger partial charge in [-0.2, -0.15) is 10.4 Å². The first-order chi connectivity index (χ1) is 11.0. The van der Waals surface area contributed by atoms with E-state index in [4.69, 9.17) is 5.73 Å². The van der Waals surface area contributed by atoms with Gasteiger partial charge in [0, 0.05) is 12.5 Å². The predicted octanol–water partition coefficient (Wildman–Crippen LogP) is 2.03. The standard InChI is InChI=1S/C17H21N5O/c1-12(2)17(23)20-10-6-9-15-14(11-18)16(19)22(21-15)13-7-4-3-5-8-13/h3-5,7-8,12H,6,9-10,19H2,1-2H3,(H,20,23). The van der Waals surface area contributed by atoms with E-state index in [0.717, 1.165) is 5.69 Å². The zero-order valence-electron chi connectivity index (χ0n) is 13.4. The SMILES string of the molecule is CC(C)C(=O)NCCCc1nn(-c2ccccc2)c(N)c1C#N. The van der Waals surface area contributed by atoms with Crippen molar-refractivity contribution in [2.75, 3.05) is 12.3 Å². The van der Waals surface area contributed by atoms with Crippen LogP contribution in [0.2, 0.25) is 0 Å². The number of amides is 1. The highest BCUT2D eigenvalue weighted by molar-refractivity contribution is 5.77. The number of aryl methyl sites for hydroxylation is 1. The Hall–Kier alpha value is -2.81. The van der Waals surface area contributed by atoms with Crippen LogP contribution in [0, 0.1) is 17.2 Å². The molecule has 1 aromatic heterocycles. The molecule has 0 saturated carbocycles. The van der Waals surface area contributed by atoms with E-state index >= 15 is 0 Å². The van der Waals surface area contributed by atoms with E-state index < -0.39 is 0 Å². The number of nitrogens with two attached hydrogens (primary N) is 1. The summed E-state index contributed by atoms with van der Waals surface area (Å²) in [4.78, 5) is 11.5. The van der Waals surface area contributed by atoms with Crippen molar-refractivity contribution in [1.29, 1.82) is 5.26 Å². The van der Waals surface area contributed by atoms with Crippen molar-refractivity contribution in [3.05, 3.63) is 41.6 Å². The summed E-state index contributed by atoms with van der Waals surface area (Å²) in [6.45, 7) is 4.26. The van der Waals surface area contributed by atoms with Crippen molar-refractivity contribution in [3.63, 3.8) is 0 Å². The van der Waals surface area contributed by atoms with Gasteiger partial charge >= 0.3 is 0 Å². The Balaban J connectivity index is 2.08. The number of anilines is 1. The number of nitriles is 1. The maximum absolute atomic E-state index is 11.5. The summed E-state index contributed by atoms with van der Waals surface area (Å²) in [6.07, 6.45) is 1.30. The van der Waals surface area contributed by atoms with E-state index in [0.29, 0.717) is 36.5 Å². The van der Waals surface area contributed by atoms with Crippen molar-refractivity contribution < 1.29 is 4.79 Å². The molecule has 2 aromatic rings. The number of carbonyl (C=O) groups is 1. The van der Waals surface area contributed by atoms with Gasteiger partial charge in [0.1, 0.15) is 17.5 Å². The molecular weight excluding hydrogens is 290 g/mol. The Morgan fingerprint density at radius 2 is 2.09 bits per heavy atom. The van der Waals surface area contributed by atoms with Crippen molar-refractivity contribution in [2.24, 2.45) is 5.92 Å². The van der Waals surface area contributed by atoms with Gasteiger partial charge in [-0.15, -0.1) is 0 Å². The molecule has 0 saturated heterocycles. The second-order valence-corrected chi connectivity index (χ2v) is 5.62. The van der Waals surface area contributed by atoms with Gasteiger partial charge < -0.3 is 11.1 Å². The molecule has 1 amide bonds. The maximum atomic E-state index is 11.5. The first kappa shape index (κ1) is 16.6. The number of nitrogens with zero attached hydrogens (tertiary/aromatic N) is 3. The molecule has 0 bridgehead atoms. The highest BCUT2D eigenvalue weighted by atomic mass is 16.1. The molecule has 0 unspecified atom stereocenters. The van der Waals surface area contributed by atoms with Crippen molar-refractivity contribution in [2.45, 2.75) is 26.7 Å². The summed E-state index contributed by atoms with van der Waals surface area (Å²) in [6, 6.07) is 11.6. The Morgan fingerprint density at radius 1 is 1.39 bits per heavy atom. The predicted molar refractivity (Wildman–Crippen MR) is 88.9 cm³/mol. The number of para-hydroxylation sites is 1. The molecule has 120 valence electrons. The minimum absolute atomic E-state index is 0.0276. The first-order valence-electron chi connectivity index (χ1n) is 7.65. The number of hydrogen-bond acceptors (Lipinski definition) is 4. The van der Waals surface area contributed by atoms with Crippen LogP contribution in [0.5, 0.6) is 0 Å². The molecule has 6 nitrogen and oxygen atoms in total. The molecular formula is C17H21N5O. The lowest BCUT2D eigenvalue weighted by molar-refractivity contribution is -0.123. The highest BCUT2D eigenvalue weighted by Gasteiger charge is 2.16. The van der Waals surface area contributed by atoms with Crippen LogP contribution in [-0.2, 0) is 11.2 Å². The summed E-state index contributed by atoms with van der Waals surface area (Å²) < 4.78 is 1.58. The second-order valence-electron chi connectivity index (χ2n) is 5.62. The van der Waals surface area contributed by atoms with E-state index in [1.54, 1.807) is 4.68 Å². The fourth-order valence-corrected chi connectivity index (χ4v) is 2.21. The second kappa shape index (κ2) is 7.45. The normalized spacial score (nSPS) is 10.5. The van der Waals surface area contributed by atoms with Gasteiger partial charge in [0.2, 0.25) is 5.91 Å². The highest BCUT2D eigenvalue weighted by Crippen LogP contribution is 2.21. The fourth-order valence-electron chi connectivity index (χ4n) is 2.21. The van der Waals surface area contributed by atoms with Gasteiger partial charge in [0.15, 0.2) is 0 Å². The van der Waals surface area contributed by atoms with Crippen LogP contribution < -0.4 is 11.1 Å². The molecule has 23 heavy (non-hydrogen) atoms. The Morgan fingerprint density at radius 3 is 2.70 bits per heavy atom. The Kier molecular flexibility index (Phi) is 5.36. The summed E-state index contributed by atoms with van der Waals surface area (Å²) in [7, 11) is 0. The minimum atomic E-state index is -0.0300. The molecule has 1 aromatic carbocycles. The Labute approximate surface area is 135 Å². The number of nitrogens with one attached hydrogen (secondary N) is 1. The van der Waals surface area contributed by atoms with Crippen LogP contribution in [0.1, 0.15) is 31.5 Å². The largest absolute Gasteiger partial charge is 0.382 e. The number of nitrogen functional groups attached to an aromatic ring is 1. The maximum Gasteiger partial charge on any atom is 0.222 e. The van der Waals surface area contributed by atoms with E-state index in [1.165, 1.54) is 0 Å². The number of carbonyl (C=O) groups excluding carboxylic acids is 1. The summed E-state index contributed by atoms with van der Waals surface area (Å²) in [5, 5.41) is 16.6. The molecule has 0 atom stereocenters. The molecule has 0 aliphatic heterocycles. The molecule has 3 N–H and O–H groups in total. The number of aromatic nitrogens is 2.